The average Bonchev–Trinajstić information content (AvgIpc) is 3.31. The van der Waals surface area contributed by atoms with Gasteiger partial charge in [0.05, 0.1) is 18.4 Å². The first-order chi connectivity index (χ1) is 21.6. The number of ether oxygens (including phenoxy) is 1. The Labute approximate surface area is 262 Å². The van der Waals surface area contributed by atoms with Gasteiger partial charge in [0.2, 0.25) is 0 Å². The zero-order valence-electron chi connectivity index (χ0n) is 25.3. The first kappa shape index (κ1) is 32.1. The number of carbonyl (C=O) groups is 3. The minimum Gasteiger partial charge on any atom is -0.465 e. The zero-order valence-corrected chi connectivity index (χ0v) is 25.3. The number of ketones is 1. The molecule has 0 heterocycles. The maximum atomic E-state index is 15.2. The molecule has 6 nitrogen and oxygen atoms in total. The largest absolute Gasteiger partial charge is 0.465 e. The number of hydrogen-bond donors (Lipinski definition) is 2. The molecule has 0 aliphatic heterocycles. The summed E-state index contributed by atoms with van der Waals surface area (Å²) in [4.78, 5) is 37.6. The number of amides is 1. The molecule has 5 atom stereocenters. The fourth-order valence-electron chi connectivity index (χ4n) is 8.66. The molecule has 0 bridgehead atoms. The highest BCUT2D eigenvalue weighted by molar-refractivity contribution is 6.08. The summed E-state index contributed by atoms with van der Waals surface area (Å²) in [6.45, 7) is 1.37. The van der Waals surface area contributed by atoms with Crippen LogP contribution in [0.25, 0.3) is 0 Å². The maximum absolute atomic E-state index is 15.2. The van der Waals surface area contributed by atoms with Gasteiger partial charge in [-0.05, 0) is 97.4 Å². The number of fused-ring (bicyclic) bond motifs is 4. The van der Waals surface area contributed by atoms with Gasteiger partial charge in [0.25, 0.3) is 5.91 Å². The fourth-order valence-corrected chi connectivity index (χ4v) is 8.66. The van der Waals surface area contributed by atoms with E-state index < -0.39 is 53.2 Å². The first-order valence-electron chi connectivity index (χ1n) is 15.3. The lowest BCUT2D eigenvalue weighted by Crippen LogP contribution is -2.65. The van der Waals surface area contributed by atoms with E-state index in [9.17, 15) is 32.7 Å². The highest BCUT2D eigenvalue weighted by Gasteiger charge is 2.79. The van der Waals surface area contributed by atoms with Crippen LogP contribution in [0.3, 0.4) is 0 Å². The number of benzene rings is 2. The van der Waals surface area contributed by atoms with Crippen LogP contribution in [0.2, 0.25) is 0 Å². The van der Waals surface area contributed by atoms with Gasteiger partial charge >= 0.3 is 18.1 Å². The van der Waals surface area contributed by atoms with Crippen LogP contribution in [0.15, 0.2) is 71.3 Å². The number of para-hydroxylation sites is 1. The molecule has 2 unspecified atom stereocenters. The molecule has 2 aromatic carbocycles. The number of anilines is 1. The Kier molecular flexibility index (Phi) is 7.77. The van der Waals surface area contributed by atoms with Crippen molar-refractivity contribution >= 4 is 23.3 Å². The Hall–Kier alpha value is -3.86. The van der Waals surface area contributed by atoms with Gasteiger partial charge in [0.1, 0.15) is 5.60 Å². The predicted octanol–water partition coefficient (Wildman–Crippen LogP) is 7.55. The Bertz CT molecular complexity index is 1660. The van der Waals surface area contributed by atoms with Crippen molar-refractivity contribution in [1.29, 1.82) is 0 Å². The highest BCUT2D eigenvalue weighted by Crippen LogP contribution is 2.70. The smallest absolute Gasteiger partial charge is 0.456 e. The average molecular weight is 644 g/mol. The first-order valence-corrected chi connectivity index (χ1v) is 15.3. The maximum Gasteiger partial charge on any atom is 0.456 e. The molecule has 2 saturated carbocycles. The van der Waals surface area contributed by atoms with E-state index in [1.165, 1.54) is 32.2 Å². The van der Waals surface area contributed by atoms with Gasteiger partial charge in [-0.3, -0.25) is 9.59 Å². The zero-order chi connectivity index (χ0) is 33.2. The molecule has 11 heteroatoms. The second-order valence-corrected chi connectivity index (χ2v) is 13.1. The third kappa shape index (κ3) is 4.80. The van der Waals surface area contributed by atoms with Crippen LogP contribution in [0, 0.1) is 17.3 Å². The summed E-state index contributed by atoms with van der Waals surface area (Å²) >= 11 is 0. The van der Waals surface area contributed by atoms with Crippen LogP contribution >= 0.6 is 0 Å². The summed E-state index contributed by atoms with van der Waals surface area (Å²) in [6.07, 6.45) is -3.40. The van der Waals surface area contributed by atoms with Gasteiger partial charge in [-0.15, -0.1) is 0 Å². The number of alkyl halides is 5. The number of esters is 1. The third-order valence-electron chi connectivity index (χ3n) is 10.9. The molecule has 46 heavy (non-hydrogen) atoms. The predicted molar refractivity (Wildman–Crippen MR) is 158 cm³/mol. The van der Waals surface area contributed by atoms with Crippen molar-refractivity contribution in [3.8, 4) is 0 Å². The monoisotopic (exact) mass is 643 g/mol. The van der Waals surface area contributed by atoms with E-state index in [0.29, 0.717) is 24.8 Å². The summed E-state index contributed by atoms with van der Waals surface area (Å²) in [5, 5.41) is 14.1. The Morgan fingerprint density at radius 3 is 2.35 bits per heavy atom. The van der Waals surface area contributed by atoms with E-state index in [1.807, 2.05) is 0 Å². The number of allylic oxidation sites excluding steroid dienone is 4. The molecule has 0 spiro atoms. The van der Waals surface area contributed by atoms with E-state index in [-0.39, 0.29) is 47.8 Å². The lowest BCUT2D eigenvalue weighted by molar-refractivity contribution is -0.362. The summed E-state index contributed by atoms with van der Waals surface area (Å²) in [5.41, 5.74) is -1.06. The molecule has 6 rings (SSSR count). The summed E-state index contributed by atoms with van der Waals surface area (Å²) < 4.78 is 76.7. The van der Waals surface area contributed by atoms with Gasteiger partial charge in [0, 0.05) is 23.3 Å². The Morgan fingerprint density at radius 1 is 0.978 bits per heavy atom. The molecule has 244 valence electrons. The molecule has 0 saturated heterocycles. The van der Waals surface area contributed by atoms with Crippen LogP contribution in [-0.4, -0.2) is 47.6 Å². The molecule has 0 aromatic heterocycles. The molecule has 4 aliphatic carbocycles. The van der Waals surface area contributed by atoms with Gasteiger partial charge in [0.15, 0.2) is 5.78 Å². The fraction of sp³-hybridized carbons (Fsp3) is 0.457. The topological polar surface area (TPSA) is 92.7 Å². The minimum atomic E-state index is -5.93. The molecule has 1 amide bonds. The van der Waals surface area contributed by atoms with Gasteiger partial charge in [-0.1, -0.05) is 36.8 Å². The molecule has 2 N–H and O–H groups in total. The van der Waals surface area contributed by atoms with Crippen molar-refractivity contribution in [1.82, 2.24) is 0 Å². The van der Waals surface area contributed by atoms with E-state index in [2.05, 4.69) is 5.32 Å². The second-order valence-electron chi connectivity index (χ2n) is 13.1. The Morgan fingerprint density at radius 2 is 1.67 bits per heavy atom. The van der Waals surface area contributed by atoms with Crippen LogP contribution in [0.5, 0.6) is 0 Å². The normalized spacial score (nSPS) is 29.3. The molecule has 0 radical (unpaired) electrons. The van der Waals surface area contributed by atoms with Crippen molar-refractivity contribution in [2.24, 2.45) is 17.3 Å². The summed E-state index contributed by atoms with van der Waals surface area (Å²) in [6, 6.07) is 12.7. The van der Waals surface area contributed by atoms with Crippen molar-refractivity contribution < 1.29 is 46.2 Å². The molecule has 4 aliphatic rings. The van der Waals surface area contributed by atoms with E-state index in [0.717, 1.165) is 16.7 Å². The SMILES string of the molecule is COC(=O)c1ccccc1NC(=O)c1ccc([C@H]2C[C@@]3(C)C(CC[C@]3(O)C(F)(F)C(F)(F)F)C3CCC4=CC(=O)CCC4=C32)cc1. The van der Waals surface area contributed by atoms with Crippen molar-refractivity contribution in [3.05, 3.63) is 88.0 Å². The van der Waals surface area contributed by atoms with Crippen LogP contribution < -0.4 is 5.32 Å². The molecule has 2 aromatic rings. The number of nitrogens with one attached hydrogen (secondary N) is 1. The summed E-state index contributed by atoms with van der Waals surface area (Å²) in [5.74, 6) is -8.06. The lowest BCUT2D eigenvalue weighted by atomic mass is 9.50. The number of rotatable bonds is 5. The standard InChI is InChI=1S/C35H34F5NO5/c1-32-18-26(19-7-9-20(10-8-19)30(43)41-28-6-4-3-5-25(28)31(44)46-2)29-23-14-12-22(42)17-21(23)11-13-24(29)27(32)15-16-33(32,45)34(36,37)35(38,39)40/h3-10,17,24,26-27,45H,11-16,18H2,1-2H3,(H,41,43)/t24?,26-,27?,32+,33-/m1/s1. The van der Waals surface area contributed by atoms with Crippen LogP contribution in [-0.2, 0) is 9.53 Å². The van der Waals surface area contributed by atoms with E-state index >= 15 is 8.78 Å². The number of methoxy groups -OCH3 is 1. The number of halogens is 5. The van der Waals surface area contributed by atoms with Gasteiger partial charge in [-0.25, -0.2) is 4.79 Å². The highest BCUT2D eigenvalue weighted by atomic mass is 19.4. The number of carbonyl (C=O) groups excluding carboxylic acids is 3. The van der Waals surface area contributed by atoms with Gasteiger partial charge in [-0.2, -0.15) is 22.0 Å². The number of aliphatic hydroxyl groups is 1. The van der Waals surface area contributed by atoms with E-state index in [4.69, 9.17) is 4.74 Å². The van der Waals surface area contributed by atoms with Crippen molar-refractivity contribution in [2.75, 3.05) is 12.4 Å². The van der Waals surface area contributed by atoms with Gasteiger partial charge < -0.3 is 15.2 Å². The number of hydrogen-bond acceptors (Lipinski definition) is 5. The quantitative estimate of drug-likeness (QED) is 0.259. The van der Waals surface area contributed by atoms with Crippen molar-refractivity contribution in [3.63, 3.8) is 0 Å². The van der Waals surface area contributed by atoms with Crippen LogP contribution in [0.4, 0.5) is 27.6 Å². The molecular formula is C35H34F5NO5. The molecule has 2 fully saturated rings. The minimum absolute atomic E-state index is 0.000744. The second kappa shape index (κ2) is 11.1. The van der Waals surface area contributed by atoms with Crippen LogP contribution in [0.1, 0.15) is 84.1 Å². The Balaban J connectivity index is 1.40. The lowest BCUT2D eigenvalue weighted by Gasteiger charge is -2.56. The third-order valence-corrected chi connectivity index (χ3v) is 10.9. The summed E-state index contributed by atoms with van der Waals surface area (Å²) in [7, 11) is 1.22. The van der Waals surface area contributed by atoms with Crippen molar-refractivity contribution in [2.45, 2.75) is 75.5 Å². The van der Waals surface area contributed by atoms with E-state index in [1.54, 1.807) is 36.4 Å². The molecular weight excluding hydrogens is 609 g/mol.